The number of nitriles is 1. The van der Waals surface area contributed by atoms with Crippen molar-refractivity contribution in [1.29, 1.82) is 5.26 Å². The monoisotopic (exact) mass is 231 g/mol. The van der Waals surface area contributed by atoms with Gasteiger partial charge in [-0.3, -0.25) is 0 Å². The van der Waals surface area contributed by atoms with Crippen molar-refractivity contribution in [3.05, 3.63) is 29.8 Å². The van der Waals surface area contributed by atoms with Crippen LogP contribution in [0, 0.1) is 23.2 Å². The molecule has 92 valence electrons. The van der Waals surface area contributed by atoms with Crippen LogP contribution in [0.3, 0.4) is 0 Å². The van der Waals surface area contributed by atoms with Gasteiger partial charge in [0, 0.05) is 0 Å². The van der Waals surface area contributed by atoms with E-state index in [1.54, 1.807) is 0 Å². The lowest BCUT2D eigenvalue weighted by atomic mass is 9.90. The van der Waals surface area contributed by atoms with E-state index in [0.717, 1.165) is 17.9 Å². The van der Waals surface area contributed by atoms with Crippen molar-refractivity contribution >= 4 is 0 Å². The highest BCUT2D eigenvalue weighted by Crippen LogP contribution is 2.25. The van der Waals surface area contributed by atoms with Gasteiger partial charge in [0.2, 0.25) is 0 Å². The minimum Gasteiger partial charge on any atom is -0.493 e. The predicted molar refractivity (Wildman–Crippen MR) is 70.0 cm³/mol. The van der Waals surface area contributed by atoms with Crippen molar-refractivity contribution in [1.82, 2.24) is 0 Å². The summed E-state index contributed by atoms with van der Waals surface area (Å²) >= 11 is 0. The molecule has 0 saturated heterocycles. The topological polar surface area (TPSA) is 33.0 Å². The Balaban J connectivity index is 2.71. The maximum Gasteiger partial charge on any atom is 0.119 e. The molecule has 0 amide bonds. The molecule has 0 aromatic heterocycles. The van der Waals surface area contributed by atoms with E-state index in [1.807, 2.05) is 24.3 Å². The van der Waals surface area contributed by atoms with E-state index in [2.05, 4.69) is 33.8 Å². The molecule has 0 heterocycles. The van der Waals surface area contributed by atoms with E-state index in [4.69, 9.17) is 10.00 Å². The molecule has 0 aliphatic heterocycles. The second-order valence-electron chi connectivity index (χ2n) is 5.12. The van der Waals surface area contributed by atoms with Gasteiger partial charge in [0.15, 0.2) is 0 Å². The number of nitrogens with zero attached hydrogens (tertiary/aromatic N) is 1. The van der Waals surface area contributed by atoms with Crippen molar-refractivity contribution < 1.29 is 4.74 Å². The lowest BCUT2D eigenvalue weighted by molar-refractivity contribution is 0.271. The van der Waals surface area contributed by atoms with Crippen LogP contribution in [-0.4, -0.2) is 6.61 Å². The molecular formula is C15H21NO. The second kappa shape index (κ2) is 6.30. The minimum absolute atomic E-state index is 0.0332. The highest BCUT2D eigenvalue weighted by molar-refractivity contribution is 5.32. The summed E-state index contributed by atoms with van der Waals surface area (Å²) in [5, 5.41) is 9.11. The van der Waals surface area contributed by atoms with Gasteiger partial charge in [0.1, 0.15) is 5.75 Å². The molecule has 0 saturated carbocycles. The third-order valence-corrected chi connectivity index (χ3v) is 2.63. The van der Waals surface area contributed by atoms with Crippen molar-refractivity contribution in [2.45, 2.75) is 33.6 Å². The predicted octanol–water partition coefficient (Wildman–Crippen LogP) is 3.98. The van der Waals surface area contributed by atoms with Crippen molar-refractivity contribution in [2.75, 3.05) is 6.61 Å². The van der Waals surface area contributed by atoms with E-state index >= 15 is 0 Å². The highest BCUT2D eigenvalue weighted by Gasteiger charge is 2.14. The van der Waals surface area contributed by atoms with Crippen LogP contribution < -0.4 is 4.74 Å². The Hall–Kier alpha value is -1.49. The molecule has 1 unspecified atom stereocenters. The first-order chi connectivity index (χ1) is 8.04. The summed E-state index contributed by atoms with van der Waals surface area (Å²) in [5.74, 6) is 1.71. The molecule has 0 radical (unpaired) electrons. The molecule has 1 rings (SSSR count). The number of hydrogen-bond acceptors (Lipinski definition) is 2. The first-order valence-corrected chi connectivity index (χ1v) is 6.17. The fraction of sp³-hybridized carbons (Fsp3) is 0.533. The molecule has 0 spiro atoms. The van der Waals surface area contributed by atoms with Gasteiger partial charge in [-0.25, -0.2) is 0 Å². The maximum absolute atomic E-state index is 9.11. The summed E-state index contributed by atoms with van der Waals surface area (Å²) in [7, 11) is 0. The van der Waals surface area contributed by atoms with Crippen LogP contribution in [0.25, 0.3) is 0 Å². The Kier molecular flexibility index (Phi) is 5.03. The average Bonchev–Trinajstić information content (AvgIpc) is 2.28. The van der Waals surface area contributed by atoms with Gasteiger partial charge in [-0.2, -0.15) is 5.26 Å². The first kappa shape index (κ1) is 13.6. The lowest BCUT2D eigenvalue weighted by Crippen LogP contribution is -2.06. The number of rotatable bonds is 5. The largest absolute Gasteiger partial charge is 0.493 e. The van der Waals surface area contributed by atoms with E-state index in [9.17, 15) is 0 Å². The zero-order valence-corrected chi connectivity index (χ0v) is 11.1. The first-order valence-electron chi connectivity index (χ1n) is 6.17. The van der Waals surface area contributed by atoms with Gasteiger partial charge in [-0.05, 0) is 29.5 Å². The summed E-state index contributed by atoms with van der Waals surface area (Å²) in [6.45, 7) is 9.11. The quantitative estimate of drug-likeness (QED) is 0.767. The fourth-order valence-corrected chi connectivity index (χ4v) is 1.64. The molecule has 2 heteroatoms. The molecule has 1 aromatic rings. The summed E-state index contributed by atoms with van der Waals surface area (Å²) in [6, 6.07) is 10.2. The minimum atomic E-state index is -0.0332. The van der Waals surface area contributed by atoms with Crippen molar-refractivity contribution in [3.63, 3.8) is 0 Å². The third-order valence-electron chi connectivity index (χ3n) is 2.63. The van der Waals surface area contributed by atoms with E-state index in [1.165, 1.54) is 0 Å². The van der Waals surface area contributed by atoms with Crippen molar-refractivity contribution in [2.24, 2.45) is 11.8 Å². The Labute approximate surface area is 104 Å². The molecule has 2 nitrogen and oxygen atoms in total. The van der Waals surface area contributed by atoms with Gasteiger partial charge in [-0.1, -0.05) is 39.8 Å². The summed E-state index contributed by atoms with van der Waals surface area (Å²) in [5.41, 5.74) is 1.07. The smallest absolute Gasteiger partial charge is 0.119 e. The molecule has 1 aromatic carbocycles. The van der Waals surface area contributed by atoms with Crippen LogP contribution in [0.5, 0.6) is 5.75 Å². The zero-order chi connectivity index (χ0) is 12.8. The summed E-state index contributed by atoms with van der Waals surface area (Å²) in [6.07, 6.45) is 0. The maximum atomic E-state index is 9.11. The van der Waals surface area contributed by atoms with E-state index in [0.29, 0.717) is 11.8 Å². The molecule has 1 atom stereocenters. The number of benzene rings is 1. The van der Waals surface area contributed by atoms with Gasteiger partial charge in [-0.15, -0.1) is 0 Å². The SMILES string of the molecule is CC(C)COc1ccc(C(C#N)C(C)C)cc1. The zero-order valence-electron chi connectivity index (χ0n) is 11.1. The van der Waals surface area contributed by atoms with Crippen LogP contribution >= 0.6 is 0 Å². The molecule has 0 aliphatic rings. The van der Waals surface area contributed by atoms with Crippen LogP contribution in [0.2, 0.25) is 0 Å². The number of ether oxygens (including phenoxy) is 1. The van der Waals surface area contributed by atoms with E-state index in [-0.39, 0.29) is 5.92 Å². The van der Waals surface area contributed by atoms with Crippen LogP contribution in [0.15, 0.2) is 24.3 Å². The Morgan fingerprint density at radius 3 is 2.12 bits per heavy atom. The molecular weight excluding hydrogens is 210 g/mol. The van der Waals surface area contributed by atoms with Gasteiger partial charge < -0.3 is 4.74 Å². The number of hydrogen-bond donors (Lipinski definition) is 0. The lowest BCUT2D eigenvalue weighted by Gasteiger charge is -2.14. The fourth-order valence-electron chi connectivity index (χ4n) is 1.64. The normalized spacial score (nSPS) is 12.5. The van der Waals surface area contributed by atoms with Crippen molar-refractivity contribution in [3.8, 4) is 11.8 Å². The summed E-state index contributed by atoms with van der Waals surface area (Å²) < 4.78 is 5.61. The highest BCUT2D eigenvalue weighted by atomic mass is 16.5. The molecule has 17 heavy (non-hydrogen) atoms. The van der Waals surface area contributed by atoms with Crippen LogP contribution in [-0.2, 0) is 0 Å². The van der Waals surface area contributed by atoms with Crippen LogP contribution in [0.1, 0.15) is 39.2 Å². The molecule has 0 fully saturated rings. The Bertz CT molecular complexity index is 373. The van der Waals surface area contributed by atoms with E-state index < -0.39 is 0 Å². The molecule has 0 N–H and O–H groups in total. The third kappa shape index (κ3) is 4.11. The summed E-state index contributed by atoms with van der Waals surface area (Å²) in [4.78, 5) is 0. The standard InChI is InChI=1S/C15H21NO/c1-11(2)10-17-14-7-5-13(6-8-14)15(9-16)12(3)4/h5-8,11-12,15H,10H2,1-4H3. The molecule has 0 aliphatic carbocycles. The Morgan fingerprint density at radius 2 is 1.71 bits per heavy atom. The van der Waals surface area contributed by atoms with Gasteiger partial charge >= 0.3 is 0 Å². The Morgan fingerprint density at radius 1 is 1.12 bits per heavy atom. The second-order valence-corrected chi connectivity index (χ2v) is 5.12. The average molecular weight is 231 g/mol. The van der Waals surface area contributed by atoms with Gasteiger partial charge in [0.05, 0.1) is 18.6 Å². The van der Waals surface area contributed by atoms with Gasteiger partial charge in [0.25, 0.3) is 0 Å². The molecule has 0 bridgehead atoms. The van der Waals surface area contributed by atoms with Crippen LogP contribution in [0.4, 0.5) is 0 Å².